The number of amides is 1. The van der Waals surface area contributed by atoms with E-state index < -0.39 is 0 Å². The summed E-state index contributed by atoms with van der Waals surface area (Å²) in [6.45, 7) is 1.92. The molecule has 0 bridgehead atoms. The van der Waals surface area contributed by atoms with Gasteiger partial charge < -0.3 is 10.1 Å². The lowest BCUT2D eigenvalue weighted by molar-refractivity contribution is -0.116. The van der Waals surface area contributed by atoms with Crippen LogP contribution in [0.15, 0.2) is 54.6 Å². The minimum Gasteiger partial charge on any atom is -0.486 e. The second-order valence-corrected chi connectivity index (χ2v) is 10.9. The standard InChI is InChI=1S/C26H19Cl2NO3S2/c1-14(30)20-6-7-21(33-20)15-10-16-11-17(32-26(16)19(27)12-15)13-29-24(31)9-8-23-25(28)18-4-2-3-5-22(18)34-23/h2-10,12,17H,11,13H2,1H3,(H,29,31)/b9-8+. The van der Waals surface area contributed by atoms with Crippen LogP contribution in [-0.4, -0.2) is 24.3 Å². The molecule has 0 radical (unpaired) electrons. The van der Waals surface area contributed by atoms with Gasteiger partial charge in [0, 0.05) is 37.9 Å². The Bertz CT molecular complexity index is 1450. The smallest absolute Gasteiger partial charge is 0.244 e. The Morgan fingerprint density at radius 1 is 1.15 bits per heavy atom. The van der Waals surface area contributed by atoms with Crippen molar-refractivity contribution in [2.75, 3.05) is 6.54 Å². The van der Waals surface area contributed by atoms with Crippen molar-refractivity contribution >= 4 is 73.7 Å². The first-order valence-electron chi connectivity index (χ1n) is 10.6. The number of hydrogen-bond donors (Lipinski definition) is 1. The van der Waals surface area contributed by atoms with E-state index in [0.29, 0.717) is 33.6 Å². The van der Waals surface area contributed by atoms with Gasteiger partial charge in [-0.15, -0.1) is 22.7 Å². The van der Waals surface area contributed by atoms with Crippen molar-refractivity contribution in [3.05, 3.63) is 80.0 Å². The van der Waals surface area contributed by atoms with Crippen molar-refractivity contribution in [3.8, 4) is 16.2 Å². The van der Waals surface area contributed by atoms with Crippen LogP contribution in [0.25, 0.3) is 26.6 Å². The average Bonchev–Trinajstić information content (AvgIpc) is 3.54. The summed E-state index contributed by atoms with van der Waals surface area (Å²) in [4.78, 5) is 26.6. The van der Waals surface area contributed by atoms with E-state index in [4.69, 9.17) is 27.9 Å². The summed E-state index contributed by atoms with van der Waals surface area (Å²) in [7, 11) is 0. The van der Waals surface area contributed by atoms with Gasteiger partial charge in [0.2, 0.25) is 5.91 Å². The lowest BCUT2D eigenvalue weighted by atomic mass is 10.1. The number of fused-ring (bicyclic) bond motifs is 2. The summed E-state index contributed by atoms with van der Waals surface area (Å²) in [5.41, 5.74) is 1.95. The average molecular weight is 528 g/mol. The summed E-state index contributed by atoms with van der Waals surface area (Å²) >= 11 is 15.9. The SMILES string of the molecule is CC(=O)c1ccc(-c2cc(Cl)c3c(c2)CC(CNC(=O)/C=C/c2sc4ccccc4c2Cl)O3)s1. The molecule has 0 saturated carbocycles. The van der Waals surface area contributed by atoms with Crippen LogP contribution in [0.1, 0.15) is 27.0 Å². The molecule has 1 atom stereocenters. The van der Waals surface area contributed by atoms with E-state index in [1.54, 1.807) is 24.3 Å². The molecule has 0 spiro atoms. The van der Waals surface area contributed by atoms with E-state index in [-0.39, 0.29) is 17.8 Å². The predicted octanol–water partition coefficient (Wildman–Crippen LogP) is 7.27. The molecule has 5 rings (SSSR count). The molecule has 34 heavy (non-hydrogen) atoms. The molecule has 0 aliphatic carbocycles. The molecule has 1 aliphatic heterocycles. The molecule has 1 N–H and O–H groups in total. The van der Waals surface area contributed by atoms with Crippen molar-refractivity contribution < 1.29 is 14.3 Å². The molecule has 4 nitrogen and oxygen atoms in total. The summed E-state index contributed by atoms with van der Waals surface area (Å²) in [6, 6.07) is 15.6. The van der Waals surface area contributed by atoms with Crippen LogP contribution in [-0.2, 0) is 11.2 Å². The highest BCUT2D eigenvalue weighted by atomic mass is 35.5. The Kier molecular flexibility index (Phi) is 6.49. The second-order valence-electron chi connectivity index (χ2n) is 7.97. The third kappa shape index (κ3) is 4.64. The summed E-state index contributed by atoms with van der Waals surface area (Å²) < 4.78 is 7.09. The maximum Gasteiger partial charge on any atom is 0.244 e. The summed E-state index contributed by atoms with van der Waals surface area (Å²) in [5.74, 6) is 0.488. The van der Waals surface area contributed by atoms with Gasteiger partial charge in [-0.05, 0) is 48.9 Å². The predicted molar refractivity (Wildman–Crippen MR) is 142 cm³/mol. The Morgan fingerprint density at radius 2 is 1.97 bits per heavy atom. The molecule has 4 aromatic rings. The van der Waals surface area contributed by atoms with Crippen LogP contribution in [0, 0.1) is 0 Å². The van der Waals surface area contributed by atoms with Crippen molar-refractivity contribution in [1.82, 2.24) is 5.32 Å². The van der Waals surface area contributed by atoms with Crippen LogP contribution < -0.4 is 10.1 Å². The third-order valence-corrected chi connectivity index (χ3v) is 8.71. The molecule has 1 amide bonds. The van der Waals surface area contributed by atoms with Crippen molar-refractivity contribution in [2.24, 2.45) is 0 Å². The van der Waals surface area contributed by atoms with Gasteiger partial charge in [0.15, 0.2) is 5.78 Å². The number of hydrogen-bond acceptors (Lipinski definition) is 5. The Labute approximate surface area is 214 Å². The Morgan fingerprint density at radius 3 is 2.74 bits per heavy atom. The second kappa shape index (κ2) is 9.55. The lowest BCUT2D eigenvalue weighted by Gasteiger charge is -2.11. The number of carbonyl (C=O) groups is 2. The topological polar surface area (TPSA) is 55.4 Å². The third-order valence-electron chi connectivity index (χ3n) is 5.54. The van der Waals surface area contributed by atoms with E-state index in [1.807, 2.05) is 48.5 Å². The fourth-order valence-corrected chi connectivity index (χ4v) is 6.46. The first-order valence-corrected chi connectivity index (χ1v) is 13.0. The minimum absolute atomic E-state index is 0.0475. The molecule has 2 aromatic carbocycles. The Hall–Kier alpha value is -2.64. The molecule has 2 aromatic heterocycles. The monoisotopic (exact) mass is 527 g/mol. The Balaban J connectivity index is 1.22. The van der Waals surface area contributed by atoms with Gasteiger partial charge in [-0.25, -0.2) is 0 Å². The van der Waals surface area contributed by atoms with Gasteiger partial charge in [-0.3, -0.25) is 9.59 Å². The van der Waals surface area contributed by atoms with Crippen LogP contribution in [0.4, 0.5) is 0 Å². The molecule has 1 aliphatic rings. The van der Waals surface area contributed by atoms with Gasteiger partial charge in [-0.1, -0.05) is 41.4 Å². The quantitative estimate of drug-likeness (QED) is 0.212. The number of ketones is 1. The van der Waals surface area contributed by atoms with Crippen LogP contribution in [0.2, 0.25) is 10.0 Å². The molecule has 3 heterocycles. The van der Waals surface area contributed by atoms with E-state index in [0.717, 1.165) is 31.0 Å². The highest BCUT2D eigenvalue weighted by Gasteiger charge is 2.26. The lowest BCUT2D eigenvalue weighted by Crippen LogP contribution is -2.33. The van der Waals surface area contributed by atoms with Crippen LogP contribution >= 0.6 is 45.9 Å². The molecule has 172 valence electrons. The summed E-state index contributed by atoms with van der Waals surface area (Å²) in [5, 5.41) is 5.07. The molecular formula is C26H19Cl2NO3S2. The number of Topliss-reactive ketones (excluding diaryl/α,β-unsaturated/α-hetero) is 1. The van der Waals surface area contributed by atoms with Crippen molar-refractivity contribution in [1.29, 1.82) is 0 Å². The van der Waals surface area contributed by atoms with Gasteiger partial charge >= 0.3 is 0 Å². The number of benzene rings is 2. The largest absolute Gasteiger partial charge is 0.486 e. The van der Waals surface area contributed by atoms with E-state index >= 15 is 0 Å². The van der Waals surface area contributed by atoms with Gasteiger partial charge in [0.25, 0.3) is 0 Å². The van der Waals surface area contributed by atoms with Gasteiger partial charge in [0.05, 0.1) is 21.5 Å². The first kappa shape index (κ1) is 23.1. The van der Waals surface area contributed by atoms with E-state index in [9.17, 15) is 9.59 Å². The van der Waals surface area contributed by atoms with Crippen LogP contribution in [0.3, 0.4) is 0 Å². The normalized spacial score (nSPS) is 15.0. The minimum atomic E-state index is -0.213. The van der Waals surface area contributed by atoms with Gasteiger partial charge in [-0.2, -0.15) is 0 Å². The van der Waals surface area contributed by atoms with Crippen LogP contribution in [0.5, 0.6) is 5.75 Å². The molecule has 1 unspecified atom stereocenters. The van der Waals surface area contributed by atoms with E-state index in [2.05, 4.69) is 5.32 Å². The van der Waals surface area contributed by atoms with E-state index in [1.165, 1.54) is 17.4 Å². The molecule has 8 heteroatoms. The number of halogens is 2. The van der Waals surface area contributed by atoms with Crippen molar-refractivity contribution in [2.45, 2.75) is 19.4 Å². The molecule has 0 fully saturated rings. The number of ether oxygens (including phenoxy) is 1. The maximum absolute atomic E-state index is 12.4. The van der Waals surface area contributed by atoms with Gasteiger partial charge in [0.1, 0.15) is 11.9 Å². The zero-order valence-corrected chi connectivity index (χ0v) is 21.2. The van der Waals surface area contributed by atoms with Crippen molar-refractivity contribution in [3.63, 3.8) is 0 Å². The molecular weight excluding hydrogens is 509 g/mol. The first-order chi connectivity index (χ1) is 16.4. The zero-order chi connectivity index (χ0) is 23.8. The molecule has 0 saturated heterocycles. The fraction of sp³-hybridized carbons (Fsp3) is 0.154. The summed E-state index contributed by atoms with van der Waals surface area (Å²) in [6.07, 6.45) is 3.67. The zero-order valence-electron chi connectivity index (χ0n) is 18.1. The highest BCUT2D eigenvalue weighted by Crippen LogP contribution is 2.41. The fourth-order valence-electron chi connectivity index (χ4n) is 3.89. The highest BCUT2D eigenvalue weighted by molar-refractivity contribution is 7.20. The maximum atomic E-state index is 12.4. The number of carbonyl (C=O) groups excluding carboxylic acids is 2. The number of thiophene rings is 2. The number of rotatable bonds is 6. The number of nitrogens with one attached hydrogen (secondary N) is 1.